The number of esters is 1. The lowest BCUT2D eigenvalue weighted by Gasteiger charge is -2.02. The molecule has 0 atom stereocenters. The summed E-state index contributed by atoms with van der Waals surface area (Å²) in [6.07, 6.45) is 0.367. The van der Waals surface area contributed by atoms with Crippen molar-refractivity contribution in [1.82, 2.24) is 14.5 Å². The number of carbonyl (C=O) groups excluding carboxylic acids is 1. The maximum absolute atomic E-state index is 11.9. The van der Waals surface area contributed by atoms with E-state index >= 15 is 0 Å². The molecule has 1 aromatic heterocycles. The van der Waals surface area contributed by atoms with E-state index in [1.165, 1.54) is 0 Å². The van der Waals surface area contributed by atoms with Gasteiger partial charge in [0.15, 0.2) is 5.82 Å². The standard InChI is InChI=1S/C14H18N4O4/c1-3-22-13(19)9-17-14(20)18(15)12(16-17)8-10-4-6-11(21-2)7-5-10/h4-7H,3,8-9,15H2,1-2H3. The van der Waals surface area contributed by atoms with Crippen molar-refractivity contribution in [2.24, 2.45) is 0 Å². The normalized spacial score (nSPS) is 10.5. The highest BCUT2D eigenvalue weighted by Crippen LogP contribution is 2.13. The molecule has 118 valence electrons. The van der Waals surface area contributed by atoms with Crippen molar-refractivity contribution in [2.45, 2.75) is 19.9 Å². The molecule has 0 bridgehead atoms. The quantitative estimate of drug-likeness (QED) is 0.592. The lowest BCUT2D eigenvalue weighted by molar-refractivity contribution is -0.144. The number of nitrogens with zero attached hydrogens (tertiary/aromatic N) is 3. The third-order valence-electron chi connectivity index (χ3n) is 3.05. The Kier molecular flexibility index (Phi) is 4.82. The maximum atomic E-state index is 11.9. The van der Waals surface area contributed by atoms with Gasteiger partial charge in [-0.15, -0.1) is 0 Å². The van der Waals surface area contributed by atoms with E-state index in [9.17, 15) is 9.59 Å². The number of methoxy groups -OCH3 is 1. The van der Waals surface area contributed by atoms with Crippen LogP contribution < -0.4 is 16.3 Å². The minimum atomic E-state index is -0.559. The molecule has 2 N–H and O–H groups in total. The van der Waals surface area contributed by atoms with Crippen LogP contribution in [0.4, 0.5) is 0 Å². The van der Waals surface area contributed by atoms with E-state index in [2.05, 4.69) is 5.10 Å². The van der Waals surface area contributed by atoms with Crippen LogP contribution in [0, 0.1) is 0 Å². The SMILES string of the molecule is CCOC(=O)Cn1nc(Cc2ccc(OC)cc2)n(N)c1=O. The zero-order valence-electron chi connectivity index (χ0n) is 12.5. The largest absolute Gasteiger partial charge is 0.497 e. The molecule has 22 heavy (non-hydrogen) atoms. The smallest absolute Gasteiger partial charge is 0.365 e. The number of nitrogens with two attached hydrogens (primary N) is 1. The summed E-state index contributed by atoms with van der Waals surface area (Å²) in [5.41, 5.74) is 0.359. The predicted molar refractivity (Wildman–Crippen MR) is 79.1 cm³/mol. The average molecular weight is 306 g/mol. The molecule has 8 nitrogen and oxygen atoms in total. The molecule has 0 saturated heterocycles. The Hall–Kier alpha value is -2.77. The van der Waals surface area contributed by atoms with Gasteiger partial charge in [-0.3, -0.25) is 4.79 Å². The Bertz CT molecular complexity index is 703. The molecule has 1 aromatic carbocycles. The molecule has 0 amide bonds. The van der Waals surface area contributed by atoms with Crippen molar-refractivity contribution in [3.05, 3.63) is 46.1 Å². The third-order valence-corrected chi connectivity index (χ3v) is 3.05. The summed E-state index contributed by atoms with van der Waals surface area (Å²) in [6, 6.07) is 7.33. The molecule has 2 rings (SSSR count). The number of ether oxygens (including phenoxy) is 2. The van der Waals surface area contributed by atoms with Crippen LogP contribution in [-0.2, 0) is 22.5 Å². The molecule has 0 spiro atoms. The molecule has 0 unspecified atom stereocenters. The van der Waals surface area contributed by atoms with Crippen LogP contribution in [0.2, 0.25) is 0 Å². The molecule has 0 fully saturated rings. The van der Waals surface area contributed by atoms with Gasteiger partial charge < -0.3 is 15.3 Å². The van der Waals surface area contributed by atoms with Crippen molar-refractivity contribution in [2.75, 3.05) is 19.6 Å². The topological polar surface area (TPSA) is 101 Å². The monoisotopic (exact) mass is 306 g/mol. The summed E-state index contributed by atoms with van der Waals surface area (Å²) in [7, 11) is 1.59. The van der Waals surface area contributed by atoms with Crippen LogP contribution in [0.5, 0.6) is 5.75 Å². The molecule has 2 aromatic rings. The van der Waals surface area contributed by atoms with Crippen LogP contribution in [0.15, 0.2) is 29.1 Å². The number of carbonyl (C=O) groups is 1. The molecule has 0 aliphatic rings. The highest BCUT2D eigenvalue weighted by Gasteiger charge is 2.14. The first kappa shape index (κ1) is 15.6. The molecular weight excluding hydrogens is 288 g/mol. The first-order valence-electron chi connectivity index (χ1n) is 6.77. The van der Waals surface area contributed by atoms with Crippen LogP contribution >= 0.6 is 0 Å². The number of aromatic nitrogens is 3. The van der Waals surface area contributed by atoms with Gasteiger partial charge in [0.1, 0.15) is 12.3 Å². The molecule has 8 heteroatoms. The fourth-order valence-corrected chi connectivity index (χ4v) is 1.94. The number of benzene rings is 1. The fourth-order valence-electron chi connectivity index (χ4n) is 1.94. The Morgan fingerprint density at radius 2 is 2.00 bits per heavy atom. The first-order valence-corrected chi connectivity index (χ1v) is 6.77. The second-order valence-electron chi connectivity index (χ2n) is 4.56. The van der Waals surface area contributed by atoms with E-state index in [4.69, 9.17) is 15.3 Å². The van der Waals surface area contributed by atoms with E-state index < -0.39 is 11.7 Å². The van der Waals surface area contributed by atoms with Crippen LogP contribution in [0.25, 0.3) is 0 Å². The summed E-state index contributed by atoms with van der Waals surface area (Å²) in [5.74, 6) is 6.27. The van der Waals surface area contributed by atoms with Crippen LogP contribution in [0.1, 0.15) is 18.3 Å². The molecular formula is C14H18N4O4. The van der Waals surface area contributed by atoms with Gasteiger partial charge in [0, 0.05) is 6.42 Å². The fraction of sp³-hybridized carbons (Fsp3) is 0.357. The highest BCUT2D eigenvalue weighted by molar-refractivity contribution is 5.68. The van der Waals surface area contributed by atoms with Gasteiger partial charge in [0.25, 0.3) is 0 Å². The van der Waals surface area contributed by atoms with Gasteiger partial charge >= 0.3 is 11.7 Å². The second kappa shape index (κ2) is 6.79. The lowest BCUT2D eigenvalue weighted by atomic mass is 10.1. The van der Waals surface area contributed by atoms with Crippen molar-refractivity contribution >= 4 is 5.97 Å². The molecule has 1 heterocycles. The van der Waals surface area contributed by atoms with Crippen LogP contribution in [-0.4, -0.2) is 34.1 Å². The molecule has 0 aliphatic carbocycles. The van der Waals surface area contributed by atoms with Gasteiger partial charge in [-0.05, 0) is 24.6 Å². The van der Waals surface area contributed by atoms with Gasteiger partial charge in [-0.25, -0.2) is 9.48 Å². The van der Waals surface area contributed by atoms with Crippen molar-refractivity contribution < 1.29 is 14.3 Å². The molecule has 0 aliphatic heterocycles. The van der Waals surface area contributed by atoms with Gasteiger partial charge in [-0.1, -0.05) is 12.1 Å². The van der Waals surface area contributed by atoms with E-state index in [0.29, 0.717) is 12.2 Å². The van der Waals surface area contributed by atoms with Crippen molar-refractivity contribution in [3.63, 3.8) is 0 Å². The molecule has 0 saturated carbocycles. The summed E-state index contributed by atoms with van der Waals surface area (Å²) < 4.78 is 11.8. The first-order chi connectivity index (χ1) is 10.5. The zero-order valence-corrected chi connectivity index (χ0v) is 12.5. The Morgan fingerprint density at radius 1 is 1.32 bits per heavy atom. The Labute approximate surface area is 127 Å². The second-order valence-corrected chi connectivity index (χ2v) is 4.56. The third kappa shape index (κ3) is 3.46. The number of nitrogen functional groups attached to an aromatic ring is 1. The minimum Gasteiger partial charge on any atom is -0.497 e. The van der Waals surface area contributed by atoms with Crippen LogP contribution in [0.3, 0.4) is 0 Å². The van der Waals surface area contributed by atoms with Crippen molar-refractivity contribution in [3.8, 4) is 5.75 Å². The van der Waals surface area contributed by atoms with Gasteiger partial charge in [0.2, 0.25) is 0 Å². The lowest BCUT2D eigenvalue weighted by Crippen LogP contribution is -2.32. The maximum Gasteiger partial charge on any atom is 0.365 e. The zero-order chi connectivity index (χ0) is 16.1. The Balaban J connectivity index is 2.17. The number of rotatable bonds is 6. The molecule has 0 radical (unpaired) electrons. The van der Waals surface area contributed by atoms with Crippen molar-refractivity contribution in [1.29, 1.82) is 0 Å². The summed E-state index contributed by atoms with van der Waals surface area (Å²) in [6.45, 7) is 1.68. The highest BCUT2D eigenvalue weighted by atomic mass is 16.5. The predicted octanol–water partition coefficient (Wildman–Crippen LogP) is -0.0789. The van der Waals surface area contributed by atoms with E-state index in [1.807, 2.05) is 24.3 Å². The van der Waals surface area contributed by atoms with E-state index in [1.54, 1.807) is 14.0 Å². The van der Waals surface area contributed by atoms with E-state index in [0.717, 1.165) is 20.7 Å². The van der Waals surface area contributed by atoms with E-state index in [-0.39, 0.29) is 13.2 Å². The number of hydrogen-bond acceptors (Lipinski definition) is 6. The summed E-state index contributed by atoms with van der Waals surface area (Å²) in [4.78, 5) is 23.4. The minimum absolute atomic E-state index is 0.246. The Morgan fingerprint density at radius 3 is 2.59 bits per heavy atom. The summed E-state index contributed by atoms with van der Waals surface area (Å²) in [5, 5.41) is 4.08. The van der Waals surface area contributed by atoms with Gasteiger partial charge in [-0.2, -0.15) is 9.77 Å². The number of hydrogen-bond donors (Lipinski definition) is 1. The summed E-state index contributed by atoms with van der Waals surface area (Å²) >= 11 is 0. The van der Waals surface area contributed by atoms with Gasteiger partial charge in [0.05, 0.1) is 13.7 Å². The average Bonchev–Trinajstić information content (AvgIpc) is 2.76.